The number of aliphatic hydroxyl groups is 1. The zero-order valence-electron chi connectivity index (χ0n) is 7.31. The van der Waals surface area contributed by atoms with E-state index in [1.54, 1.807) is 0 Å². The van der Waals surface area contributed by atoms with Crippen LogP contribution in [0.1, 0.15) is 20.3 Å². The van der Waals surface area contributed by atoms with E-state index in [-0.39, 0.29) is 6.61 Å². The second-order valence-corrected chi connectivity index (χ2v) is 2.79. The first-order chi connectivity index (χ1) is 5.69. The van der Waals surface area contributed by atoms with Gasteiger partial charge in [0.1, 0.15) is 0 Å². The fraction of sp³-hybridized carbons (Fsp3) is 0.857. The molecule has 0 aliphatic carbocycles. The summed E-state index contributed by atoms with van der Waals surface area (Å²) in [5.41, 5.74) is -2.49. The number of hydrogen-bond donors (Lipinski definition) is 1. The summed E-state index contributed by atoms with van der Waals surface area (Å²) in [5, 5.41) is 9.06. The smallest absolute Gasteiger partial charge is 0.392 e. The standard InChI is InChI=1S/C7H11F3O3/c1-3-13-5(11)6(2,12)4-7(8,9)10/h12H,3-4H2,1-2H3. The van der Waals surface area contributed by atoms with E-state index in [1.165, 1.54) is 6.92 Å². The molecule has 0 saturated heterocycles. The molecule has 0 amide bonds. The molecule has 0 saturated carbocycles. The van der Waals surface area contributed by atoms with E-state index in [4.69, 9.17) is 5.11 Å². The van der Waals surface area contributed by atoms with Crippen LogP contribution >= 0.6 is 0 Å². The number of hydrogen-bond acceptors (Lipinski definition) is 3. The van der Waals surface area contributed by atoms with Gasteiger partial charge in [0.2, 0.25) is 0 Å². The number of rotatable bonds is 3. The molecule has 0 aliphatic heterocycles. The SMILES string of the molecule is CCOC(=O)C(C)(O)CC(F)(F)F. The van der Waals surface area contributed by atoms with E-state index < -0.39 is 24.2 Å². The Morgan fingerprint density at radius 1 is 1.46 bits per heavy atom. The average molecular weight is 200 g/mol. The molecule has 0 heterocycles. The van der Waals surface area contributed by atoms with E-state index >= 15 is 0 Å². The molecule has 6 heteroatoms. The maximum atomic E-state index is 11.8. The summed E-state index contributed by atoms with van der Waals surface area (Å²) in [4.78, 5) is 10.8. The summed E-state index contributed by atoms with van der Waals surface area (Å²) in [6.07, 6.45) is -6.19. The van der Waals surface area contributed by atoms with Crippen LogP contribution in [0.3, 0.4) is 0 Å². The fourth-order valence-corrected chi connectivity index (χ4v) is 0.749. The van der Waals surface area contributed by atoms with Gasteiger partial charge in [-0.25, -0.2) is 4.79 Å². The summed E-state index contributed by atoms with van der Waals surface area (Å²) < 4.78 is 39.6. The molecule has 3 nitrogen and oxygen atoms in total. The highest BCUT2D eigenvalue weighted by Crippen LogP contribution is 2.27. The Hall–Kier alpha value is -0.780. The number of esters is 1. The van der Waals surface area contributed by atoms with Crippen LogP contribution in [-0.2, 0) is 9.53 Å². The molecular formula is C7H11F3O3. The molecule has 13 heavy (non-hydrogen) atoms. The molecule has 0 spiro atoms. The van der Waals surface area contributed by atoms with E-state index in [1.807, 2.05) is 0 Å². The first-order valence-corrected chi connectivity index (χ1v) is 3.65. The molecule has 1 N–H and O–H groups in total. The predicted molar refractivity (Wildman–Crippen MR) is 37.9 cm³/mol. The largest absolute Gasteiger partial charge is 0.464 e. The van der Waals surface area contributed by atoms with Crippen molar-refractivity contribution in [2.24, 2.45) is 0 Å². The lowest BCUT2D eigenvalue weighted by atomic mass is 10.0. The highest BCUT2D eigenvalue weighted by molar-refractivity contribution is 5.78. The molecule has 0 fully saturated rings. The van der Waals surface area contributed by atoms with Crippen molar-refractivity contribution in [3.63, 3.8) is 0 Å². The Bertz CT molecular complexity index is 186. The number of carbonyl (C=O) groups is 1. The van der Waals surface area contributed by atoms with Crippen molar-refractivity contribution in [2.75, 3.05) is 6.61 Å². The van der Waals surface area contributed by atoms with Crippen LogP contribution in [-0.4, -0.2) is 29.5 Å². The van der Waals surface area contributed by atoms with Gasteiger partial charge in [0.25, 0.3) is 0 Å². The topological polar surface area (TPSA) is 46.5 Å². The summed E-state index contributed by atoms with van der Waals surface area (Å²) in [6.45, 7) is 2.16. The van der Waals surface area contributed by atoms with Gasteiger partial charge in [-0.2, -0.15) is 13.2 Å². The van der Waals surface area contributed by atoms with Crippen LogP contribution in [0.5, 0.6) is 0 Å². The van der Waals surface area contributed by atoms with Crippen molar-refractivity contribution in [1.82, 2.24) is 0 Å². The van der Waals surface area contributed by atoms with Gasteiger partial charge in [0.15, 0.2) is 5.60 Å². The molecule has 0 bridgehead atoms. The lowest BCUT2D eigenvalue weighted by molar-refractivity contribution is -0.194. The number of halogens is 3. The molecule has 0 aromatic heterocycles. The highest BCUT2D eigenvalue weighted by Gasteiger charge is 2.43. The molecule has 78 valence electrons. The second-order valence-electron chi connectivity index (χ2n) is 2.79. The van der Waals surface area contributed by atoms with Gasteiger partial charge in [-0.1, -0.05) is 0 Å². The van der Waals surface area contributed by atoms with E-state index in [0.717, 1.165) is 6.92 Å². The summed E-state index contributed by atoms with van der Waals surface area (Å²) >= 11 is 0. The summed E-state index contributed by atoms with van der Waals surface area (Å²) in [6, 6.07) is 0. The van der Waals surface area contributed by atoms with Crippen LogP contribution < -0.4 is 0 Å². The van der Waals surface area contributed by atoms with Crippen molar-refractivity contribution >= 4 is 5.97 Å². The minimum atomic E-state index is -4.59. The van der Waals surface area contributed by atoms with Crippen LogP contribution in [0.4, 0.5) is 13.2 Å². The van der Waals surface area contributed by atoms with Crippen LogP contribution in [0.15, 0.2) is 0 Å². The van der Waals surface area contributed by atoms with E-state index in [2.05, 4.69) is 4.74 Å². The van der Waals surface area contributed by atoms with Gasteiger partial charge in [-0.15, -0.1) is 0 Å². The van der Waals surface area contributed by atoms with E-state index in [9.17, 15) is 18.0 Å². The number of carbonyl (C=O) groups excluding carboxylic acids is 1. The Kier molecular flexibility index (Phi) is 3.71. The predicted octanol–water partition coefficient (Wildman–Crippen LogP) is 1.25. The normalized spacial score (nSPS) is 16.5. The number of alkyl halides is 3. The lowest BCUT2D eigenvalue weighted by Gasteiger charge is -2.21. The van der Waals surface area contributed by atoms with Crippen molar-refractivity contribution in [1.29, 1.82) is 0 Å². The number of ether oxygens (including phenoxy) is 1. The molecular weight excluding hydrogens is 189 g/mol. The fourth-order valence-electron chi connectivity index (χ4n) is 0.749. The van der Waals surface area contributed by atoms with Gasteiger partial charge in [-0.3, -0.25) is 0 Å². The second kappa shape index (κ2) is 3.95. The van der Waals surface area contributed by atoms with Gasteiger partial charge in [0.05, 0.1) is 13.0 Å². The maximum absolute atomic E-state index is 11.8. The third-order valence-electron chi connectivity index (χ3n) is 1.26. The molecule has 1 unspecified atom stereocenters. The van der Waals surface area contributed by atoms with Crippen LogP contribution in [0, 0.1) is 0 Å². The molecule has 0 rings (SSSR count). The quantitative estimate of drug-likeness (QED) is 0.697. The van der Waals surface area contributed by atoms with Gasteiger partial charge in [0, 0.05) is 0 Å². The van der Waals surface area contributed by atoms with Crippen molar-refractivity contribution in [2.45, 2.75) is 32.0 Å². The highest BCUT2D eigenvalue weighted by atomic mass is 19.4. The summed E-state index contributed by atoms with van der Waals surface area (Å²) in [7, 11) is 0. The molecule has 1 atom stereocenters. The Morgan fingerprint density at radius 3 is 2.23 bits per heavy atom. The zero-order chi connectivity index (χ0) is 10.7. The van der Waals surface area contributed by atoms with Crippen LogP contribution in [0.25, 0.3) is 0 Å². The van der Waals surface area contributed by atoms with Crippen molar-refractivity contribution < 1.29 is 27.8 Å². The molecule has 0 aromatic rings. The molecule has 0 aliphatic rings. The third-order valence-corrected chi connectivity index (χ3v) is 1.26. The Labute approximate surface area is 73.5 Å². The van der Waals surface area contributed by atoms with Crippen LogP contribution in [0.2, 0.25) is 0 Å². The Morgan fingerprint density at radius 2 is 1.92 bits per heavy atom. The first-order valence-electron chi connectivity index (χ1n) is 3.65. The lowest BCUT2D eigenvalue weighted by Crippen LogP contribution is -2.41. The van der Waals surface area contributed by atoms with Gasteiger partial charge in [-0.05, 0) is 13.8 Å². The average Bonchev–Trinajstić information content (AvgIpc) is 1.82. The monoisotopic (exact) mass is 200 g/mol. The van der Waals surface area contributed by atoms with Gasteiger partial charge < -0.3 is 9.84 Å². The van der Waals surface area contributed by atoms with Gasteiger partial charge >= 0.3 is 12.1 Å². The zero-order valence-corrected chi connectivity index (χ0v) is 7.31. The first kappa shape index (κ1) is 12.2. The Balaban J connectivity index is 4.30. The molecule has 0 radical (unpaired) electrons. The minimum absolute atomic E-state index is 0.0627. The van der Waals surface area contributed by atoms with Crippen molar-refractivity contribution in [3.05, 3.63) is 0 Å². The van der Waals surface area contributed by atoms with E-state index in [0.29, 0.717) is 0 Å². The van der Waals surface area contributed by atoms with Crippen molar-refractivity contribution in [3.8, 4) is 0 Å². The molecule has 0 aromatic carbocycles. The summed E-state index contributed by atoms with van der Waals surface area (Å²) in [5.74, 6) is -1.26. The minimum Gasteiger partial charge on any atom is -0.464 e. The maximum Gasteiger partial charge on any atom is 0.392 e. The third kappa shape index (κ3) is 4.72.